The highest BCUT2D eigenvalue weighted by Gasteiger charge is 2.17. The number of hydrogen-bond donors (Lipinski definition) is 1. The number of benzene rings is 1. The highest BCUT2D eigenvalue weighted by molar-refractivity contribution is 6.37. The number of para-hydroxylation sites is 1. The van der Waals surface area contributed by atoms with Crippen LogP contribution in [0.15, 0.2) is 45.7 Å². The number of aromatic nitrogens is 1. The van der Waals surface area contributed by atoms with E-state index < -0.39 is 18.5 Å². The number of anilines is 1. The van der Waals surface area contributed by atoms with E-state index in [1.54, 1.807) is 31.2 Å². The molecule has 0 atom stereocenters. The van der Waals surface area contributed by atoms with Crippen LogP contribution in [0, 0.1) is 6.92 Å². The van der Waals surface area contributed by atoms with E-state index in [0.717, 1.165) is 6.07 Å². The average molecular weight is 407 g/mol. The minimum Gasteiger partial charge on any atom is -0.450 e. The highest BCUT2D eigenvalue weighted by atomic mass is 35.5. The second-order valence-electron chi connectivity index (χ2n) is 5.49. The van der Waals surface area contributed by atoms with Crippen molar-refractivity contribution in [2.75, 3.05) is 11.9 Å². The molecule has 0 aliphatic heterocycles. The first-order valence-corrected chi connectivity index (χ1v) is 8.43. The predicted octanol–water partition coefficient (Wildman–Crippen LogP) is 3.60. The molecule has 2 heterocycles. The van der Waals surface area contributed by atoms with E-state index in [0.29, 0.717) is 16.0 Å². The molecule has 138 valence electrons. The standard InChI is InChI=1S/C18H12Cl2N2O5/c1-9-11(19)7-21-17(16(9)20)22-15(24)8-26-18(25)14-6-12(23)10-4-2-3-5-13(10)27-14/h2-7H,8H2,1H3,(H,21,22,24). The number of ether oxygens (including phenoxy) is 1. The molecule has 0 unspecified atom stereocenters. The molecule has 3 aromatic rings. The molecule has 0 aliphatic carbocycles. The molecule has 1 N–H and O–H groups in total. The van der Waals surface area contributed by atoms with Gasteiger partial charge in [0, 0.05) is 12.3 Å². The molecular weight excluding hydrogens is 395 g/mol. The normalized spacial score (nSPS) is 10.6. The number of rotatable bonds is 4. The molecular formula is C18H12Cl2N2O5. The fourth-order valence-electron chi connectivity index (χ4n) is 2.22. The van der Waals surface area contributed by atoms with E-state index in [1.165, 1.54) is 6.20 Å². The lowest BCUT2D eigenvalue weighted by atomic mass is 10.2. The Morgan fingerprint density at radius 1 is 1.26 bits per heavy atom. The minimum absolute atomic E-state index is 0.0943. The molecule has 9 heteroatoms. The Bertz CT molecular complexity index is 1110. The van der Waals surface area contributed by atoms with Gasteiger partial charge in [0.15, 0.2) is 17.9 Å². The van der Waals surface area contributed by atoms with Gasteiger partial charge < -0.3 is 14.5 Å². The van der Waals surface area contributed by atoms with Crippen LogP contribution in [0.2, 0.25) is 10.0 Å². The van der Waals surface area contributed by atoms with Crippen molar-refractivity contribution >= 4 is 51.9 Å². The Morgan fingerprint density at radius 3 is 2.78 bits per heavy atom. The van der Waals surface area contributed by atoms with Gasteiger partial charge in [0.25, 0.3) is 5.91 Å². The molecule has 0 radical (unpaired) electrons. The highest BCUT2D eigenvalue weighted by Crippen LogP contribution is 2.28. The zero-order valence-electron chi connectivity index (χ0n) is 13.9. The van der Waals surface area contributed by atoms with Crippen LogP contribution < -0.4 is 10.7 Å². The molecule has 0 fully saturated rings. The molecule has 2 aromatic heterocycles. The Kier molecular flexibility index (Phi) is 5.43. The van der Waals surface area contributed by atoms with E-state index in [9.17, 15) is 14.4 Å². The first-order valence-electron chi connectivity index (χ1n) is 7.67. The maximum Gasteiger partial charge on any atom is 0.374 e. The molecule has 7 nitrogen and oxygen atoms in total. The van der Waals surface area contributed by atoms with Crippen molar-refractivity contribution in [3.63, 3.8) is 0 Å². The predicted molar refractivity (Wildman–Crippen MR) is 100 cm³/mol. The van der Waals surface area contributed by atoms with E-state index in [-0.39, 0.29) is 27.6 Å². The summed E-state index contributed by atoms with van der Waals surface area (Å²) in [5, 5.41) is 3.29. The van der Waals surface area contributed by atoms with Crippen LogP contribution in [0.3, 0.4) is 0 Å². The van der Waals surface area contributed by atoms with Crippen LogP contribution in [0.5, 0.6) is 0 Å². The number of esters is 1. The largest absolute Gasteiger partial charge is 0.450 e. The van der Waals surface area contributed by atoms with Gasteiger partial charge in [0.05, 0.1) is 15.4 Å². The maximum absolute atomic E-state index is 12.1. The van der Waals surface area contributed by atoms with Crippen LogP contribution in [-0.2, 0) is 9.53 Å². The van der Waals surface area contributed by atoms with Crippen molar-refractivity contribution in [3.8, 4) is 0 Å². The number of halogens is 2. The van der Waals surface area contributed by atoms with Crippen molar-refractivity contribution < 1.29 is 18.7 Å². The number of carbonyl (C=O) groups excluding carboxylic acids is 2. The summed E-state index contributed by atoms with van der Waals surface area (Å²) in [4.78, 5) is 39.9. The zero-order chi connectivity index (χ0) is 19.6. The second-order valence-corrected chi connectivity index (χ2v) is 6.27. The van der Waals surface area contributed by atoms with E-state index in [1.807, 2.05) is 0 Å². The topological polar surface area (TPSA) is 98.5 Å². The van der Waals surface area contributed by atoms with E-state index in [4.69, 9.17) is 32.4 Å². The monoisotopic (exact) mass is 406 g/mol. The Hall–Kier alpha value is -2.90. The number of pyridine rings is 1. The number of nitrogens with zero attached hydrogens (tertiary/aromatic N) is 1. The van der Waals surface area contributed by atoms with Crippen LogP contribution in [0.25, 0.3) is 11.0 Å². The van der Waals surface area contributed by atoms with Gasteiger partial charge in [-0.1, -0.05) is 35.3 Å². The number of hydrogen-bond acceptors (Lipinski definition) is 6. The summed E-state index contributed by atoms with van der Waals surface area (Å²) in [7, 11) is 0. The van der Waals surface area contributed by atoms with Crippen molar-refractivity contribution in [3.05, 3.63) is 68.1 Å². The maximum atomic E-state index is 12.1. The minimum atomic E-state index is -0.945. The fourth-order valence-corrected chi connectivity index (χ4v) is 2.61. The lowest BCUT2D eigenvalue weighted by molar-refractivity contribution is -0.119. The molecule has 3 rings (SSSR count). The molecule has 0 spiro atoms. The molecule has 0 saturated carbocycles. The van der Waals surface area contributed by atoms with Gasteiger partial charge in [-0.2, -0.15) is 0 Å². The third-order valence-corrected chi connectivity index (χ3v) is 4.47. The van der Waals surface area contributed by atoms with Crippen LogP contribution in [0.4, 0.5) is 5.82 Å². The molecule has 0 saturated heterocycles. The number of carbonyl (C=O) groups is 2. The average Bonchev–Trinajstić information content (AvgIpc) is 2.66. The third-order valence-electron chi connectivity index (χ3n) is 3.63. The smallest absolute Gasteiger partial charge is 0.374 e. The van der Waals surface area contributed by atoms with Crippen LogP contribution >= 0.6 is 23.2 Å². The van der Waals surface area contributed by atoms with Gasteiger partial charge in [-0.15, -0.1) is 0 Å². The number of fused-ring (bicyclic) bond motifs is 1. The van der Waals surface area contributed by atoms with Crippen LogP contribution in [0.1, 0.15) is 16.1 Å². The summed E-state index contributed by atoms with van der Waals surface area (Å²) in [6.45, 7) is 1.05. The molecule has 1 amide bonds. The molecule has 0 bridgehead atoms. The lowest BCUT2D eigenvalue weighted by Gasteiger charge is -2.09. The SMILES string of the molecule is Cc1c(Cl)cnc(NC(=O)COC(=O)c2cc(=O)c3ccccc3o2)c1Cl. The second kappa shape index (κ2) is 7.77. The van der Waals surface area contributed by atoms with Gasteiger partial charge in [-0.05, 0) is 24.6 Å². The van der Waals surface area contributed by atoms with Gasteiger partial charge >= 0.3 is 5.97 Å². The Morgan fingerprint density at radius 2 is 2.00 bits per heavy atom. The van der Waals surface area contributed by atoms with Gasteiger partial charge in [-0.25, -0.2) is 9.78 Å². The van der Waals surface area contributed by atoms with E-state index >= 15 is 0 Å². The Labute approximate surface area is 162 Å². The summed E-state index contributed by atoms with van der Waals surface area (Å²) >= 11 is 11.9. The molecule has 1 aromatic carbocycles. The quantitative estimate of drug-likeness (QED) is 0.664. The van der Waals surface area contributed by atoms with E-state index in [2.05, 4.69) is 10.3 Å². The van der Waals surface area contributed by atoms with Crippen molar-refractivity contribution in [1.29, 1.82) is 0 Å². The van der Waals surface area contributed by atoms with Crippen molar-refractivity contribution in [2.24, 2.45) is 0 Å². The summed E-state index contributed by atoms with van der Waals surface area (Å²) < 4.78 is 10.2. The number of nitrogens with one attached hydrogen (secondary N) is 1. The summed E-state index contributed by atoms with van der Waals surface area (Å²) in [5.74, 6) is -1.82. The van der Waals surface area contributed by atoms with Gasteiger partial charge in [0.1, 0.15) is 5.58 Å². The third kappa shape index (κ3) is 4.10. The summed E-state index contributed by atoms with van der Waals surface area (Å²) in [6, 6.07) is 7.49. The summed E-state index contributed by atoms with van der Waals surface area (Å²) in [6.07, 6.45) is 1.34. The molecule has 0 aliphatic rings. The zero-order valence-corrected chi connectivity index (χ0v) is 15.4. The lowest BCUT2D eigenvalue weighted by Crippen LogP contribution is -2.22. The van der Waals surface area contributed by atoms with Gasteiger partial charge in [0.2, 0.25) is 5.76 Å². The van der Waals surface area contributed by atoms with Gasteiger partial charge in [-0.3, -0.25) is 9.59 Å². The van der Waals surface area contributed by atoms with Crippen molar-refractivity contribution in [1.82, 2.24) is 4.98 Å². The Balaban J connectivity index is 1.68. The first kappa shape index (κ1) is 18.9. The molecule has 27 heavy (non-hydrogen) atoms. The number of amides is 1. The van der Waals surface area contributed by atoms with Crippen molar-refractivity contribution in [2.45, 2.75) is 6.92 Å². The van der Waals surface area contributed by atoms with Crippen LogP contribution in [-0.4, -0.2) is 23.5 Å². The fraction of sp³-hybridized carbons (Fsp3) is 0.111. The first-order chi connectivity index (χ1) is 12.9. The summed E-state index contributed by atoms with van der Waals surface area (Å²) in [5.41, 5.74) is 0.411.